The number of anilines is 1. The van der Waals surface area contributed by atoms with Crippen molar-refractivity contribution in [3.05, 3.63) is 59.4 Å². The lowest BCUT2D eigenvalue weighted by atomic mass is 10.1. The monoisotopic (exact) mass is 323 g/mol. The average Bonchev–Trinajstić information content (AvgIpc) is 2.63. The van der Waals surface area contributed by atoms with Gasteiger partial charge in [-0.1, -0.05) is 12.1 Å². The van der Waals surface area contributed by atoms with Crippen LogP contribution >= 0.6 is 0 Å². The Kier molecular flexibility index (Phi) is 5.14. The highest BCUT2D eigenvalue weighted by atomic mass is 16.2. The highest BCUT2D eigenvalue weighted by molar-refractivity contribution is 5.77. The minimum atomic E-state index is 0.257. The van der Waals surface area contributed by atoms with Gasteiger partial charge in [0.05, 0.1) is 0 Å². The van der Waals surface area contributed by atoms with Crippen LogP contribution in [0.15, 0.2) is 42.7 Å². The van der Waals surface area contributed by atoms with Gasteiger partial charge < -0.3 is 9.80 Å². The Morgan fingerprint density at radius 2 is 1.75 bits per heavy atom. The number of amides is 1. The van der Waals surface area contributed by atoms with E-state index in [4.69, 9.17) is 0 Å². The summed E-state index contributed by atoms with van der Waals surface area (Å²) < 4.78 is 0. The maximum Gasteiger partial charge on any atom is 0.223 e. The number of pyridine rings is 1. The van der Waals surface area contributed by atoms with Gasteiger partial charge in [-0.05, 0) is 55.2 Å². The van der Waals surface area contributed by atoms with Crippen LogP contribution < -0.4 is 4.90 Å². The van der Waals surface area contributed by atoms with Gasteiger partial charge >= 0.3 is 0 Å². The number of carbonyl (C=O) groups excluding carboxylic acids is 1. The summed E-state index contributed by atoms with van der Waals surface area (Å²) in [5, 5.41) is 0. The van der Waals surface area contributed by atoms with Gasteiger partial charge in [0.2, 0.25) is 5.91 Å². The Morgan fingerprint density at radius 3 is 2.46 bits per heavy atom. The van der Waals surface area contributed by atoms with E-state index in [1.807, 2.05) is 17.0 Å². The molecule has 1 aliphatic heterocycles. The molecule has 2 aromatic rings. The molecule has 1 aromatic heterocycles. The second-order valence-corrected chi connectivity index (χ2v) is 6.44. The van der Waals surface area contributed by atoms with Crippen LogP contribution in [0.2, 0.25) is 0 Å². The third-order valence-electron chi connectivity index (χ3n) is 4.93. The zero-order chi connectivity index (χ0) is 16.9. The van der Waals surface area contributed by atoms with Crippen LogP contribution in [-0.4, -0.2) is 42.0 Å². The Balaban J connectivity index is 1.53. The minimum Gasteiger partial charge on any atom is -0.368 e. The molecule has 1 saturated heterocycles. The van der Waals surface area contributed by atoms with Crippen molar-refractivity contribution in [2.24, 2.45) is 0 Å². The second kappa shape index (κ2) is 7.47. The zero-order valence-electron chi connectivity index (χ0n) is 14.5. The molecule has 0 spiro atoms. The fourth-order valence-electron chi connectivity index (χ4n) is 3.23. The molecule has 4 heteroatoms. The van der Waals surface area contributed by atoms with Crippen LogP contribution in [0, 0.1) is 13.8 Å². The molecule has 0 atom stereocenters. The lowest BCUT2D eigenvalue weighted by molar-refractivity contribution is -0.131. The van der Waals surface area contributed by atoms with Crippen molar-refractivity contribution in [1.29, 1.82) is 0 Å². The number of aryl methyl sites for hydroxylation is 2. The van der Waals surface area contributed by atoms with Crippen molar-refractivity contribution < 1.29 is 4.79 Å². The zero-order valence-corrected chi connectivity index (χ0v) is 14.5. The Morgan fingerprint density at radius 1 is 1.04 bits per heavy atom. The number of benzene rings is 1. The topological polar surface area (TPSA) is 36.4 Å². The molecule has 0 unspecified atom stereocenters. The van der Waals surface area contributed by atoms with Crippen LogP contribution in [0.25, 0.3) is 0 Å². The first-order chi connectivity index (χ1) is 11.6. The smallest absolute Gasteiger partial charge is 0.223 e. The van der Waals surface area contributed by atoms with Gasteiger partial charge in [-0.25, -0.2) is 0 Å². The number of nitrogens with zero attached hydrogens (tertiary/aromatic N) is 3. The molecular formula is C20H25N3O. The molecule has 1 aliphatic rings. The van der Waals surface area contributed by atoms with Gasteiger partial charge in [0, 0.05) is 50.7 Å². The van der Waals surface area contributed by atoms with E-state index in [1.165, 1.54) is 22.4 Å². The van der Waals surface area contributed by atoms with Crippen LogP contribution in [0.3, 0.4) is 0 Å². The second-order valence-electron chi connectivity index (χ2n) is 6.44. The van der Waals surface area contributed by atoms with Gasteiger partial charge in [0.25, 0.3) is 0 Å². The van der Waals surface area contributed by atoms with Crippen LogP contribution in [-0.2, 0) is 11.2 Å². The summed E-state index contributed by atoms with van der Waals surface area (Å²) >= 11 is 0. The summed E-state index contributed by atoms with van der Waals surface area (Å²) in [5.74, 6) is 0.257. The van der Waals surface area contributed by atoms with Crippen molar-refractivity contribution >= 4 is 11.6 Å². The number of hydrogen-bond donors (Lipinski definition) is 0. The molecule has 2 heterocycles. The van der Waals surface area contributed by atoms with E-state index in [0.717, 1.165) is 32.6 Å². The molecular weight excluding hydrogens is 298 g/mol. The van der Waals surface area contributed by atoms with E-state index in [1.54, 1.807) is 12.4 Å². The SMILES string of the molecule is Cc1cccc(N2CCN(C(=O)CCc3ccncc3)CC2)c1C. The predicted molar refractivity (Wildman–Crippen MR) is 97.3 cm³/mol. The Bertz CT molecular complexity index is 691. The molecule has 126 valence electrons. The van der Waals surface area contributed by atoms with Crippen LogP contribution in [0.5, 0.6) is 0 Å². The molecule has 3 rings (SSSR count). The molecule has 1 aromatic carbocycles. The average molecular weight is 323 g/mol. The highest BCUT2D eigenvalue weighted by Crippen LogP contribution is 2.24. The van der Waals surface area contributed by atoms with E-state index in [-0.39, 0.29) is 5.91 Å². The third-order valence-corrected chi connectivity index (χ3v) is 4.93. The number of piperazine rings is 1. The fraction of sp³-hybridized carbons (Fsp3) is 0.400. The lowest BCUT2D eigenvalue weighted by Gasteiger charge is -2.37. The van der Waals surface area contributed by atoms with Crippen molar-refractivity contribution in [3.8, 4) is 0 Å². The van der Waals surface area contributed by atoms with E-state index in [0.29, 0.717) is 6.42 Å². The van der Waals surface area contributed by atoms with E-state index >= 15 is 0 Å². The van der Waals surface area contributed by atoms with Gasteiger partial charge in [-0.2, -0.15) is 0 Å². The number of aromatic nitrogens is 1. The molecule has 0 bridgehead atoms. The summed E-state index contributed by atoms with van der Waals surface area (Å²) in [7, 11) is 0. The number of rotatable bonds is 4. The molecule has 0 N–H and O–H groups in total. The lowest BCUT2D eigenvalue weighted by Crippen LogP contribution is -2.49. The van der Waals surface area contributed by atoms with Crippen molar-refractivity contribution in [2.45, 2.75) is 26.7 Å². The highest BCUT2D eigenvalue weighted by Gasteiger charge is 2.22. The normalized spacial score (nSPS) is 14.8. The molecule has 24 heavy (non-hydrogen) atoms. The fourth-order valence-corrected chi connectivity index (χ4v) is 3.23. The van der Waals surface area contributed by atoms with E-state index < -0.39 is 0 Å². The molecule has 1 amide bonds. The van der Waals surface area contributed by atoms with E-state index in [2.05, 4.69) is 41.9 Å². The summed E-state index contributed by atoms with van der Waals surface area (Å²) in [6, 6.07) is 10.4. The molecule has 0 saturated carbocycles. The Hall–Kier alpha value is -2.36. The third kappa shape index (κ3) is 3.75. The van der Waals surface area contributed by atoms with Crippen LogP contribution in [0.4, 0.5) is 5.69 Å². The first kappa shape index (κ1) is 16.5. The molecule has 0 radical (unpaired) electrons. The quantitative estimate of drug-likeness (QED) is 0.868. The summed E-state index contributed by atoms with van der Waals surface area (Å²) in [5.41, 5.74) is 5.14. The van der Waals surface area contributed by atoms with Crippen molar-refractivity contribution in [1.82, 2.24) is 9.88 Å². The van der Waals surface area contributed by atoms with Gasteiger partial charge in [0.1, 0.15) is 0 Å². The molecule has 4 nitrogen and oxygen atoms in total. The van der Waals surface area contributed by atoms with Gasteiger partial charge in [-0.3, -0.25) is 9.78 Å². The molecule has 1 fully saturated rings. The van der Waals surface area contributed by atoms with E-state index in [9.17, 15) is 4.79 Å². The maximum absolute atomic E-state index is 12.4. The first-order valence-corrected chi connectivity index (χ1v) is 8.63. The minimum absolute atomic E-state index is 0.257. The largest absolute Gasteiger partial charge is 0.368 e. The van der Waals surface area contributed by atoms with Gasteiger partial charge in [-0.15, -0.1) is 0 Å². The molecule has 0 aliphatic carbocycles. The number of carbonyl (C=O) groups is 1. The van der Waals surface area contributed by atoms with Crippen molar-refractivity contribution in [2.75, 3.05) is 31.1 Å². The summed E-state index contributed by atoms with van der Waals surface area (Å²) in [4.78, 5) is 20.8. The number of hydrogen-bond acceptors (Lipinski definition) is 3. The predicted octanol–water partition coefficient (Wildman–Crippen LogP) is 2.98. The summed E-state index contributed by atoms with van der Waals surface area (Å²) in [6.45, 7) is 7.76. The van der Waals surface area contributed by atoms with Crippen LogP contribution in [0.1, 0.15) is 23.1 Å². The van der Waals surface area contributed by atoms with Crippen molar-refractivity contribution in [3.63, 3.8) is 0 Å². The Labute approximate surface area is 144 Å². The standard InChI is InChI=1S/C20H25N3O/c1-16-4-3-5-19(17(16)2)22-12-14-23(15-13-22)20(24)7-6-18-8-10-21-11-9-18/h3-5,8-11H,6-7,12-15H2,1-2H3. The van der Waals surface area contributed by atoms with Gasteiger partial charge in [0.15, 0.2) is 0 Å². The summed E-state index contributed by atoms with van der Waals surface area (Å²) in [6.07, 6.45) is 4.93. The first-order valence-electron chi connectivity index (χ1n) is 8.63. The maximum atomic E-state index is 12.4.